The summed E-state index contributed by atoms with van der Waals surface area (Å²) in [5.41, 5.74) is 2.86. The van der Waals surface area contributed by atoms with Crippen molar-refractivity contribution in [2.75, 3.05) is 0 Å². The van der Waals surface area contributed by atoms with Gasteiger partial charge >= 0.3 is 17.0 Å². The van der Waals surface area contributed by atoms with E-state index in [2.05, 4.69) is 41.5 Å². The van der Waals surface area contributed by atoms with E-state index in [4.69, 9.17) is 13.4 Å². The first-order valence-corrected chi connectivity index (χ1v) is 17.1. The fraction of sp³-hybridized carbons (Fsp3) is 0.462. The molecule has 0 saturated carbocycles. The van der Waals surface area contributed by atoms with Gasteiger partial charge in [-0.15, -0.1) is 0 Å². The first kappa shape index (κ1) is 27.0. The maximum absolute atomic E-state index is 10.7. The second kappa shape index (κ2) is 9.56. The van der Waals surface area contributed by atoms with Gasteiger partial charge in [-0.25, -0.2) is 0 Å². The van der Waals surface area contributed by atoms with Gasteiger partial charge in [-0.2, -0.15) is 0 Å². The van der Waals surface area contributed by atoms with Crippen LogP contribution in [-0.4, -0.2) is 39.6 Å². The molecule has 0 radical (unpaired) electrons. The lowest BCUT2D eigenvalue weighted by atomic mass is 9.85. The number of benzene rings is 2. The zero-order valence-electron chi connectivity index (χ0n) is 21.8. The predicted octanol–water partition coefficient (Wildman–Crippen LogP) is 6.65. The van der Waals surface area contributed by atoms with Gasteiger partial charge in [0.05, 0.1) is 0 Å². The van der Waals surface area contributed by atoms with Crippen LogP contribution in [0.25, 0.3) is 0 Å². The van der Waals surface area contributed by atoms with Crippen LogP contribution in [0, 0.1) is 0 Å². The van der Waals surface area contributed by atoms with Crippen molar-refractivity contribution in [3.8, 4) is 11.5 Å². The zero-order chi connectivity index (χ0) is 25.2. The third kappa shape index (κ3) is 7.38. The smallest absolute Gasteiger partial charge is 0.304 e. The van der Waals surface area contributed by atoms with Crippen LogP contribution in [0.15, 0.2) is 45.7 Å². The molecule has 0 atom stereocenters. The lowest BCUT2D eigenvalue weighted by Gasteiger charge is -2.27. The molecule has 2 rings (SSSR count). The molecule has 2 aromatic carbocycles. The Balaban J connectivity index is 2.23. The van der Waals surface area contributed by atoms with Crippen LogP contribution in [0.1, 0.15) is 63.8 Å². The van der Waals surface area contributed by atoms with E-state index in [0.29, 0.717) is 11.1 Å². The highest BCUT2D eigenvalue weighted by molar-refractivity contribution is 6.84. The molecule has 0 unspecified atom stereocenters. The van der Waals surface area contributed by atoms with E-state index in [1.165, 1.54) is 0 Å². The van der Waals surface area contributed by atoms with E-state index in [1.54, 1.807) is 12.4 Å². The fourth-order valence-corrected chi connectivity index (χ4v) is 9.87. The fourth-order valence-electron chi connectivity index (χ4n) is 3.66. The summed E-state index contributed by atoms with van der Waals surface area (Å²) in [6.07, 6.45) is 3.45. The molecule has 0 aromatic heterocycles. The zero-order valence-corrected chi connectivity index (χ0v) is 23.8. The van der Waals surface area contributed by atoms with Crippen molar-refractivity contribution in [3.05, 3.63) is 58.7 Å². The quantitative estimate of drug-likeness (QED) is 0.356. The van der Waals surface area contributed by atoms with Gasteiger partial charge in [0, 0.05) is 23.6 Å². The van der Waals surface area contributed by atoms with E-state index < -0.39 is 17.0 Å². The normalized spacial score (nSPS) is 13.9. The molecule has 180 valence electrons. The molecular weight excluding hydrogens is 444 g/mol. The number of phenols is 2. The molecule has 0 aliphatic rings. The van der Waals surface area contributed by atoms with Gasteiger partial charge in [0.2, 0.25) is 0 Å². The Bertz CT molecular complexity index is 963. The predicted molar refractivity (Wildman–Crippen MR) is 145 cm³/mol. The summed E-state index contributed by atoms with van der Waals surface area (Å²) < 4.78 is 16.0. The third-order valence-corrected chi connectivity index (χ3v) is 10.8. The molecule has 0 bridgehead atoms. The summed E-state index contributed by atoms with van der Waals surface area (Å²) in [4.78, 5) is 0. The van der Waals surface area contributed by atoms with Gasteiger partial charge in [-0.1, -0.05) is 65.8 Å². The molecular formula is C26H40N2O3Si2. The van der Waals surface area contributed by atoms with Gasteiger partial charge in [0.1, 0.15) is 11.5 Å². The average molecular weight is 485 g/mol. The third-order valence-electron chi connectivity index (χ3n) is 5.28. The minimum atomic E-state index is -2.46. The number of hydrogen-bond acceptors (Lipinski definition) is 5. The highest BCUT2D eigenvalue weighted by Crippen LogP contribution is 2.33. The van der Waals surface area contributed by atoms with Gasteiger partial charge in [0.25, 0.3) is 0 Å². The minimum absolute atomic E-state index is 0.156. The average Bonchev–Trinajstić information content (AvgIpc) is 2.63. The molecule has 0 heterocycles. The van der Waals surface area contributed by atoms with Gasteiger partial charge in [-0.05, 0) is 60.3 Å². The van der Waals surface area contributed by atoms with Crippen molar-refractivity contribution in [3.63, 3.8) is 0 Å². The highest BCUT2D eigenvalue weighted by atomic mass is 28.4. The molecule has 2 aromatic rings. The lowest BCUT2D eigenvalue weighted by molar-refractivity contribution is 0.445. The van der Waals surface area contributed by atoms with E-state index in [9.17, 15) is 10.2 Å². The Morgan fingerprint density at radius 3 is 1.30 bits per heavy atom. The van der Waals surface area contributed by atoms with Crippen LogP contribution in [0.2, 0.25) is 26.2 Å². The van der Waals surface area contributed by atoms with Crippen LogP contribution in [0.5, 0.6) is 11.5 Å². The first-order valence-electron chi connectivity index (χ1n) is 11.4. The number of phenolic OH excluding ortho intramolecular Hbond substituents is 2. The Hall–Kier alpha value is -2.23. The van der Waals surface area contributed by atoms with E-state index >= 15 is 0 Å². The number of rotatable bonds is 6. The minimum Gasteiger partial charge on any atom is -0.507 e. The lowest BCUT2D eigenvalue weighted by Crippen LogP contribution is -2.42. The van der Waals surface area contributed by atoms with Crippen molar-refractivity contribution < 1.29 is 14.3 Å². The summed E-state index contributed by atoms with van der Waals surface area (Å²) >= 11 is 0. The molecule has 0 aliphatic carbocycles. The maximum atomic E-state index is 10.7. The second-order valence-corrected chi connectivity index (χ2v) is 18.6. The van der Waals surface area contributed by atoms with Crippen LogP contribution in [-0.2, 0) is 14.9 Å². The summed E-state index contributed by atoms with van der Waals surface area (Å²) in [6, 6.07) is 11.5. The van der Waals surface area contributed by atoms with Crippen molar-refractivity contribution in [1.29, 1.82) is 0 Å². The summed E-state index contributed by atoms with van der Waals surface area (Å²) in [7, 11) is -4.91. The molecule has 2 N–H and O–H groups in total. The summed E-state index contributed by atoms with van der Waals surface area (Å²) in [6.45, 7) is 20.5. The van der Waals surface area contributed by atoms with Crippen molar-refractivity contribution in [2.45, 2.75) is 78.6 Å². The first-order chi connectivity index (χ1) is 14.9. The number of para-hydroxylation sites is 2. The van der Waals surface area contributed by atoms with Gasteiger partial charge in [0.15, 0.2) is 0 Å². The molecule has 0 aliphatic heterocycles. The molecule has 0 fully saturated rings. The topological polar surface area (TPSA) is 74.4 Å². The van der Waals surface area contributed by atoms with Crippen molar-refractivity contribution >= 4 is 29.4 Å². The van der Waals surface area contributed by atoms with Crippen LogP contribution in [0.4, 0.5) is 0 Å². The van der Waals surface area contributed by atoms with E-state index in [1.807, 2.05) is 62.6 Å². The van der Waals surface area contributed by atoms with Crippen molar-refractivity contribution in [2.24, 2.45) is 9.32 Å². The summed E-state index contributed by atoms with van der Waals surface area (Å²) in [5.74, 6) is 0.532. The van der Waals surface area contributed by atoms with Crippen LogP contribution in [0.3, 0.4) is 0 Å². The van der Waals surface area contributed by atoms with E-state index in [-0.39, 0.29) is 22.3 Å². The number of aromatic hydroxyl groups is 2. The highest BCUT2D eigenvalue weighted by Gasteiger charge is 2.33. The Morgan fingerprint density at radius 1 is 0.667 bits per heavy atom. The standard InChI is InChI=1S/C26H40N2O3Si2/c1-25(2,3)21-15-11-13-19(23(21)29)17-27-32(7,8)31-33(9,10)28-18-20-14-12-16-22(24(20)30)26(4,5)6/h11-18,29-30H,1-10H3/b27-17+,28-18+. The molecule has 33 heavy (non-hydrogen) atoms. The van der Waals surface area contributed by atoms with Gasteiger partial charge < -0.3 is 14.3 Å². The van der Waals surface area contributed by atoms with Crippen LogP contribution >= 0.6 is 0 Å². The molecule has 0 amide bonds. The molecule has 5 nitrogen and oxygen atoms in total. The molecule has 0 saturated heterocycles. The second-order valence-electron chi connectivity index (χ2n) is 11.5. The number of hydrogen-bond donors (Lipinski definition) is 2. The summed E-state index contributed by atoms with van der Waals surface area (Å²) in [5, 5.41) is 21.4. The number of nitrogens with zero attached hydrogens (tertiary/aromatic N) is 2. The molecule has 7 heteroatoms. The van der Waals surface area contributed by atoms with Gasteiger partial charge in [-0.3, -0.25) is 9.32 Å². The Kier molecular flexibility index (Phi) is 7.83. The SMILES string of the molecule is CC(C)(C)c1cccc(/C=N/[Si](C)(C)O[Si](C)(C)/N=C/c2cccc(C(C)(C)C)c2O)c1O. The maximum Gasteiger partial charge on any atom is 0.304 e. The Labute approximate surface area is 201 Å². The monoisotopic (exact) mass is 484 g/mol. The largest absolute Gasteiger partial charge is 0.507 e. The molecule has 0 spiro atoms. The van der Waals surface area contributed by atoms with E-state index in [0.717, 1.165) is 11.1 Å². The Morgan fingerprint density at radius 2 is 1.00 bits per heavy atom. The van der Waals surface area contributed by atoms with Crippen LogP contribution < -0.4 is 0 Å². The van der Waals surface area contributed by atoms with Crippen molar-refractivity contribution in [1.82, 2.24) is 0 Å².